The highest BCUT2D eigenvalue weighted by Gasteiger charge is 2.18. The largest absolute Gasteiger partial charge is 0.385 e. The van der Waals surface area contributed by atoms with Crippen molar-refractivity contribution in [1.29, 1.82) is 0 Å². The number of hydrogen-bond acceptors (Lipinski definition) is 4. The van der Waals surface area contributed by atoms with Gasteiger partial charge in [0.15, 0.2) is 0 Å². The fraction of sp³-hybridized carbons (Fsp3) is 0.316. The molecule has 0 saturated heterocycles. The van der Waals surface area contributed by atoms with Crippen LogP contribution in [0.15, 0.2) is 59.5 Å². The van der Waals surface area contributed by atoms with E-state index in [1.807, 2.05) is 37.3 Å². The third-order valence-corrected chi connectivity index (χ3v) is 5.34. The SMILES string of the molecule is CCN(C(=O)c1ccc(S(=O)(=O)NCCCOC)cc1)c1ccccc1. The molecule has 0 saturated carbocycles. The summed E-state index contributed by atoms with van der Waals surface area (Å²) >= 11 is 0. The number of benzene rings is 2. The van der Waals surface area contributed by atoms with Crippen LogP contribution in [0.4, 0.5) is 5.69 Å². The number of ether oxygens (including phenoxy) is 1. The van der Waals surface area contributed by atoms with Crippen molar-refractivity contribution in [2.24, 2.45) is 0 Å². The van der Waals surface area contributed by atoms with Gasteiger partial charge in [-0.1, -0.05) is 18.2 Å². The molecule has 6 nitrogen and oxygen atoms in total. The van der Waals surface area contributed by atoms with E-state index in [0.29, 0.717) is 31.7 Å². The second kappa shape index (κ2) is 9.47. The van der Waals surface area contributed by atoms with Crippen LogP contribution in [0.5, 0.6) is 0 Å². The van der Waals surface area contributed by atoms with E-state index in [-0.39, 0.29) is 10.8 Å². The number of anilines is 1. The maximum absolute atomic E-state index is 12.7. The van der Waals surface area contributed by atoms with E-state index in [9.17, 15) is 13.2 Å². The molecular weight excluding hydrogens is 352 g/mol. The lowest BCUT2D eigenvalue weighted by Gasteiger charge is -2.21. The molecule has 26 heavy (non-hydrogen) atoms. The minimum Gasteiger partial charge on any atom is -0.385 e. The summed E-state index contributed by atoms with van der Waals surface area (Å²) in [5, 5.41) is 0. The van der Waals surface area contributed by atoms with E-state index >= 15 is 0 Å². The van der Waals surface area contributed by atoms with Crippen molar-refractivity contribution in [2.45, 2.75) is 18.2 Å². The molecule has 7 heteroatoms. The second-order valence-electron chi connectivity index (χ2n) is 5.65. The van der Waals surface area contributed by atoms with E-state index in [2.05, 4.69) is 4.72 Å². The molecule has 2 rings (SSSR count). The lowest BCUT2D eigenvalue weighted by Crippen LogP contribution is -2.30. The molecule has 0 heterocycles. The molecular formula is C19H24N2O4S. The number of rotatable bonds is 9. The van der Waals surface area contributed by atoms with Crippen molar-refractivity contribution in [3.63, 3.8) is 0 Å². The number of sulfonamides is 1. The molecule has 0 spiro atoms. The van der Waals surface area contributed by atoms with Crippen LogP contribution >= 0.6 is 0 Å². The molecule has 0 fully saturated rings. The average Bonchev–Trinajstić information content (AvgIpc) is 2.67. The average molecular weight is 376 g/mol. The molecule has 0 unspecified atom stereocenters. The highest BCUT2D eigenvalue weighted by molar-refractivity contribution is 7.89. The third-order valence-electron chi connectivity index (χ3n) is 3.86. The smallest absolute Gasteiger partial charge is 0.258 e. The Bertz CT molecular complexity index is 805. The molecule has 0 aliphatic carbocycles. The summed E-state index contributed by atoms with van der Waals surface area (Å²) in [7, 11) is -2.02. The predicted molar refractivity (Wildman–Crippen MR) is 102 cm³/mol. The van der Waals surface area contributed by atoms with E-state index in [0.717, 1.165) is 5.69 Å². The summed E-state index contributed by atoms with van der Waals surface area (Å²) in [5.74, 6) is -0.171. The molecule has 0 aromatic heterocycles. The zero-order chi connectivity index (χ0) is 19.0. The molecule has 0 atom stereocenters. The summed E-state index contributed by atoms with van der Waals surface area (Å²) in [6.07, 6.45) is 0.592. The van der Waals surface area contributed by atoms with Gasteiger partial charge >= 0.3 is 0 Å². The van der Waals surface area contributed by atoms with Crippen molar-refractivity contribution in [2.75, 3.05) is 31.7 Å². The fourth-order valence-corrected chi connectivity index (χ4v) is 3.56. The molecule has 140 valence electrons. The predicted octanol–water partition coefficient (Wildman–Crippen LogP) is 2.67. The van der Waals surface area contributed by atoms with Crippen LogP contribution in [0, 0.1) is 0 Å². The molecule has 2 aromatic carbocycles. The van der Waals surface area contributed by atoms with Gasteiger partial charge in [-0.05, 0) is 49.7 Å². The first-order valence-electron chi connectivity index (χ1n) is 8.45. The Balaban J connectivity index is 2.12. The molecule has 0 aliphatic heterocycles. The molecule has 0 aliphatic rings. The molecule has 1 amide bonds. The van der Waals surface area contributed by atoms with Crippen LogP contribution in [-0.4, -0.2) is 41.1 Å². The van der Waals surface area contributed by atoms with Gasteiger partial charge in [-0.2, -0.15) is 0 Å². The van der Waals surface area contributed by atoms with Crippen LogP contribution < -0.4 is 9.62 Å². The minimum absolute atomic E-state index is 0.134. The Labute approximate surface area is 154 Å². The Hall–Kier alpha value is -2.22. The van der Waals surface area contributed by atoms with Crippen LogP contribution in [0.2, 0.25) is 0 Å². The Kier molecular flexibility index (Phi) is 7.32. The number of nitrogens with zero attached hydrogens (tertiary/aromatic N) is 1. The Morgan fingerprint density at radius 3 is 2.31 bits per heavy atom. The Morgan fingerprint density at radius 1 is 1.08 bits per heavy atom. The zero-order valence-corrected chi connectivity index (χ0v) is 15.8. The first-order valence-corrected chi connectivity index (χ1v) is 9.93. The highest BCUT2D eigenvalue weighted by atomic mass is 32.2. The lowest BCUT2D eigenvalue weighted by atomic mass is 10.2. The third kappa shape index (κ3) is 5.14. The van der Waals surface area contributed by atoms with Gasteiger partial charge in [0, 0.05) is 38.1 Å². The van der Waals surface area contributed by atoms with Crippen LogP contribution in [0.1, 0.15) is 23.7 Å². The number of carbonyl (C=O) groups excluding carboxylic acids is 1. The first-order chi connectivity index (χ1) is 12.5. The number of para-hydroxylation sites is 1. The Morgan fingerprint density at radius 2 is 1.73 bits per heavy atom. The van der Waals surface area contributed by atoms with Gasteiger partial charge in [0.2, 0.25) is 10.0 Å². The van der Waals surface area contributed by atoms with Gasteiger partial charge < -0.3 is 9.64 Å². The van der Waals surface area contributed by atoms with Crippen LogP contribution in [-0.2, 0) is 14.8 Å². The van der Waals surface area contributed by atoms with Gasteiger partial charge in [0.05, 0.1) is 4.90 Å². The van der Waals surface area contributed by atoms with Crippen molar-refractivity contribution in [3.8, 4) is 0 Å². The number of methoxy groups -OCH3 is 1. The van der Waals surface area contributed by atoms with E-state index in [1.165, 1.54) is 24.3 Å². The van der Waals surface area contributed by atoms with Gasteiger partial charge in [0.25, 0.3) is 5.91 Å². The minimum atomic E-state index is -3.59. The molecule has 0 bridgehead atoms. The number of hydrogen-bond donors (Lipinski definition) is 1. The fourth-order valence-electron chi connectivity index (χ4n) is 2.49. The second-order valence-corrected chi connectivity index (χ2v) is 7.42. The highest BCUT2D eigenvalue weighted by Crippen LogP contribution is 2.18. The van der Waals surface area contributed by atoms with Gasteiger partial charge in [-0.15, -0.1) is 0 Å². The molecule has 0 radical (unpaired) electrons. The molecule has 1 N–H and O–H groups in total. The number of carbonyl (C=O) groups is 1. The summed E-state index contributed by atoms with van der Waals surface area (Å²) in [4.78, 5) is 14.5. The van der Waals surface area contributed by atoms with Crippen LogP contribution in [0.3, 0.4) is 0 Å². The van der Waals surface area contributed by atoms with E-state index < -0.39 is 10.0 Å². The number of amides is 1. The monoisotopic (exact) mass is 376 g/mol. The van der Waals surface area contributed by atoms with Crippen molar-refractivity contribution < 1.29 is 17.9 Å². The quantitative estimate of drug-likeness (QED) is 0.683. The maximum atomic E-state index is 12.7. The van der Waals surface area contributed by atoms with Crippen molar-refractivity contribution >= 4 is 21.6 Å². The maximum Gasteiger partial charge on any atom is 0.258 e. The standard InChI is InChI=1S/C19H24N2O4S/c1-3-21(17-8-5-4-6-9-17)19(22)16-10-12-18(13-11-16)26(23,24)20-14-7-15-25-2/h4-6,8-13,20H,3,7,14-15H2,1-2H3. The topological polar surface area (TPSA) is 75.7 Å². The summed E-state index contributed by atoms with van der Waals surface area (Å²) in [5.41, 5.74) is 1.24. The van der Waals surface area contributed by atoms with E-state index in [4.69, 9.17) is 4.74 Å². The van der Waals surface area contributed by atoms with Gasteiger partial charge in [-0.3, -0.25) is 4.79 Å². The summed E-state index contributed by atoms with van der Waals surface area (Å²) < 4.78 is 31.9. The number of nitrogens with one attached hydrogen (secondary N) is 1. The van der Waals surface area contributed by atoms with E-state index in [1.54, 1.807) is 12.0 Å². The van der Waals surface area contributed by atoms with Gasteiger partial charge in [0.1, 0.15) is 0 Å². The van der Waals surface area contributed by atoms with Crippen molar-refractivity contribution in [3.05, 3.63) is 60.2 Å². The van der Waals surface area contributed by atoms with Crippen molar-refractivity contribution in [1.82, 2.24) is 4.72 Å². The van der Waals surface area contributed by atoms with Gasteiger partial charge in [-0.25, -0.2) is 13.1 Å². The first kappa shape index (κ1) is 20.1. The lowest BCUT2D eigenvalue weighted by molar-refractivity contribution is 0.0988. The van der Waals surface area contributed by atoms with Crippen LogP contribution in [0.25, 0.3) is 0 Å². The summed E-state index contributed by atoms with van der Waals surface area (Å²) in [6.45, 7) is 3.20. The normalized spacial score (nSPS) is 11.3. The zero-order valence-electron chi connectivity index (χ0n) is 15.0. The summed E-state index contributed by atoms with van der Waals surface area (Å²) in [6, 6.07) is 15.3. The molecule has 2 aromatic rings.